The maximum absolute atomic E-state index is 2.50. The first-order valence-electron chi connectivity index (χ1n) is 15.2. The van der Waals surface area contributed by atoms with E-state index in [-0.39, 0.29) is 10.8 Å². The van der Waals surface area contributed by atoms with E-state index >= 15 is 0 Å². The summed E-state index contributed by atoms with van der Waals surface area (Å²) in [6.07, 6.45) is 0. The van der Waals surface area contributed by atoms with Crippen molar-refractivity contribution in [3.63, 3.8) is 0 Å². The molecule has 0 heteroatoms. The summed E-state index contributed by atoms with van der Waals surface area (Å²) in [4.78, 5) is 0. The van der Waals surface area contributed by atoms with Crippen molar-refractivity contribution in [2.75, 3.05) is 0 Å². The van der Waals surface area contributed by atoms with Crippen LogP contribution >= 0.6 is 0 Å². The Bertz CT molecular complexity index is 2500. The second-order valence-corrected chi connectivity index (χ2v) is 13.7. The van der Waals surface area contributed by atoms with Crippen molar-refractivity contribution < 1.29 is 0 Å². The molecule has 0 amide bonds. The standard InChI is InChI=1S/C42H30/c1-41(2)32-18-15-23-9-7-8-12-28(23)39(32)40-30-17-14-26-21-34-38(29-16-13-27(22-35(40)41)37(30)36(26)29)31-19-24-10-5-6-11-25(24)20-33(31)42(34,3)4/h5-22H,1-4H3. The minimum Gasteiger partial charge on any atom is -0.0616 e. The van der Waals surface area contributed by atoms with E-state index in [1.165, 1.54) is 98.4 Å². The number of rotatable bonds is 0. The van der Waals surface area contributed by atoms with Crippen LogP contribution in [0, 0.1) is 0 Å². The highest BCUT2D eigenvalue weighted by Crippen LogP contribution is 2.58. The Kier molecular flexibility index (Phi) is 3.93. The average molecular weight is 535 g/mol. The third-order valence-electron chi connectivity index (χ3n) is 10.9. The van der Waals surface area contributed by atoms with Crippen molar-refractivity contribution in [2.45, 2.75) is 38.5 Å². The van der Waals surface area contributed by atoms with Gasteiger partial charge in [0.25, 0.3) is 0 Å². The van der Waals surface area contributed by atoms with E-state index in [0.717, 1.165) is 0 Å². The first kappa shape index (κ1) is 22.9. The smallest absolute Gasteiger partial charge is 0.0159 e. The quantitative estimate of drug-likeness (QED) is 0.170. The van der Waals surface area contributed by atoms with Crippen molar-refractivity contribution in [3.05, 3.63) is 131 Å². The SMILES string of the molecule is CC1(C)c2cc3ccccc3cc2-c2c1cc1ccc3c4c(cc5ccc2c1c53)C(C)(C)c1ccc2ccccc2c1-4. The Morgan fingerprint density at radius 3 is 1.57 bits per heavy atom. The molecule has 0 nitrogen and oxygen atoms in total. The van der Waals surface area contributed by atoms with Crippen molar-refractivity contribution in [2.24, 2.45) is 0 Å². The molecule has 8 aromatic rings. The normalized spacial score (nSPS) is 16.0. The molecule has 0 atom stereocenters. The molecule has 0 radical (unpaired) electrons. The van der Waals surface area contributed by atoms with Crippen molar-refractivity contribution in [1.82, 2.24) is 0 Å². The molecular weight excluding hydrogens is 504 g/mol. The molecule has 0 spiro atoms. The maximum Gasteiger partial charge on any atom is 0.0159 e. The van der Waals surface area contributed by atoms with Crippen LogP contribution in [0.25, 0.3) is 76.1 Å². The van der Waals surface area contributed by atoms with Gasteiger partial charge in [0.15, 0.2) is 0 Å². The third-order valence-corrected chi connectivity index (χ3v) is 10.9. The van der Waals surface area contributed by atoms with Crippen LogP contribution in [0.1, 0.15) is 49.9 Å². The van der Waals surface area contributed by atoms with Crippen LogP contribution < -0.4 is 0 Å². The molecule has 8 aromatic carbocycles. The summed E-state index contributed by atoms with van der Waals surface area (Å²) < 4.78 is 0. The largest absolute Gasteiger partial charge is 0.0616 e. The lowest BCUT2D eigenvalue weighted by Crippen LogP contribution is -2.15. The third kappa shape index (κ3) is 2.53. The van der Waals surface area contributed by atoms with Gasteiger partial charge in [0.2, 0.25) is 0 Å². The van der Waals surface area contributed by atoms with E-state index < -0.39 is 0 Å². The highest BCUT2D eigenvalue weighted by molar-refractivity contribution is 6.30. The lowest BCUT2D eigenvalue weighted by molar-refractivity contribution is 0.662. The van der Waals surface area contributed by atoms with E-state index in [1.807, 2.05) is 0 Å². The van der Waals surface area contributed by atoms with Crippen LogP contribution in [-0.4, -0.2) is 0 Å². The van der Waals surface area contributed by atoms with Gasteiger partial charge in [0, 0.05) is 10.8 Å². The summed E-state index contributed by atoms with van der Waals surface area (Å²) >= 11 is 0. The molecule has 42 heavy (non-hydrogen) atoms. The van der Waals surface area contributed by atoms with Gasteiger partial charge in [0.1, 0.15) is 0 Å². The van der Waals surface area contributed by atoms with Gasteiger partial charge in [-0.1, -0.05) is 113 Å². The fourth-order valence-corrected chi connectivity index (χ4v) is 8.81. The fourth-order valence-electron chi connectivity index (χ4n) is 8.81. The zero-order valence-corrected chi connectivity index (χ0v) is 24.4. The Hall–Kier alpha value is -4.68. The highest BCUT2D eigenvalue weighted by Gasteiger charge is 2.40. The fraction of sp³-hybridized carbons (Fsp3) is 0.143. The Balaban J connectivity index is 1.38. The second-order valence-electron chi connectivity index (χ2n) is 13.7. The molecule has 0 N–H and O–H groups in total. The second kappa shape index (κ2) is 7.20. The predicted molar refractivity (Wildman–Crippen MR) is 180 cm³/mol. The predicted octanol–water partition coefficient (Wildman–Crippen LogP) is 11.5. The molecule has 0 saturated carbocycles. The Labute approximate surface area is 245 Å². The van der Waals surface area contributed by atoms with Gasteiger partial charge in [0.05, 0.1) is 0 Å². The van der Waals surface area contributed by atoms with Gasteiger partial charge in [-0.2, -0.15) is 0 Å². The van der Waals surface area contributed by atoms with Crippen LogP contribution in [0.3, 0.4) is 0 Å². The highest BCUT2D eigenvalue weighted by atomic mass is 14.4. The van der Waals surface area contributed by atoms with Gasteiger partial charge in [-0.25, -0.2) is 0 Å². The van der Waals surface area contributed by atoms with Crippen LogP contribution in [0.5, 0.6) is 0 Å². The van der Waals surface area contributed by atoms with Crippen LogP contribution in [0.2, 0.25) is 0 Å². The van der Waals surface area contributed by atoms with E-state index in [9.17, 15) is 0 Å². The molecule has 0 aliphatic heterocycles. The van der Waals surface area contributed by atoms with Crippen molar-refractivity contribution in [3.8, 4) is 22.3 Å². The maximum atomic E-state index is 2.50. The number of benzene rings is 8. The van der Waals surface area contributed by atoms with Crippen LogP contribution in [0.4, 0.5) is 0 Å². The number of hydrogen-bond donors (Lipinski definition) is 0. The zero-order chi connectivity index (χ0) is 28.1. The molecule has 2 aliphatic carbocycles. The van der Waals surface area contributed by atoms with Crippen molar-refractivity contribution >= 4 is 53.9 Å². The molecule has 198 valence electrons. The lowest BCUT2D eigenvalue weighted by Gasteiger charge is -2.24. The Morgan fingerprint density at radius 2 is 0.857 bits per heavy atom. The van der Waals surface area contributed by atoms with E-state index in [2.05, 4.69) is 137 Å². The molecule has 0 saturated heterocycles. The van der Waals surface area contributed by atoms with Crippen LogP contribution in [0.15, 0.2) is 109 Å². The van der Waals surface area contributed by atoms with E-state index in [1.54, 1.807) is 0 Å². The summed E-state index contributed by atoms with van der Waals surface area (Å²) in [5, 5.41) is 13.6. The van der Waals surface area contributed by atoms with Gasteiger partial charge >= 0.3 is 0 Å². The molecule has 0 aromatic heterocycles. The first-order chi connectivity index (χ1) is 20.3. The average Bonchev–Trinajstić information content (AvgIpc) is 3.37. The number of fused-ring (bicyclic) bond motifs is 11. The van der Waals surface area contributed by atoms with Crippen LogP contribution in [-0.2, 0) is 10.8 Å². The molecule has 0 heterocycles. The molecule has 10 rings (SSSR count). The Morgan fingerprint density at radius 1 is 0.357 bits per heavy atom. The molecule has 2 aliphatic rings. The molecule has 0 unspecified atom stereocenters. The van der Waals surface area contributed by atoms with E-state index in [0.29, 0.717) is 0 Å². The monoisotopic (exact) mass is 534 g/mol. The topological polar surface area (TPSA) is 0 Å². The molecule has 0 bridgehead atoms. The van der Waals surface area contributed by atoms with E-state index in [4.69, 9.17) is 0 Å². The summed E-state index contributed by atoms with van der Waals surface area (Å²) in [5.41, 5.74) is 11.3. The minimum absolute atomic E-state index is 0.0512. The summed E-state index contributed by atoms with van der Waals surface area (Å²) in [6, 6.07) is 41.9. The zero-order valence-electron chi connectivity index (χ0n) is 24.4. The summed E-state index contributed by atoms with van der Waals surface area (Å²) in [5.74, 6) is 0. The van der Waals surface area contributed by atoms with Crippen molar-refractivity contribution in [1.29, 1.82) is 0 Å². The van der Waals surface area contributed by atoms with Gasteiger partial charge < -0.3 is 0 Å². The minimum atomic E-state index is -0.0533. The van der Waals surface area contributed by atoms with Gasteiger partial charge in [-0.3, -0.25) is 0 Å². The first-order valence-corrected chi connectivity index (χ1v) is 15.2. The lowest BCUT2D eigenvalue weighted by atomic mass is 9.79. The number of hydrogen-bond acceptors (Lipinski definition) is 0. The molecular formula is C42H30. The summed E-state index contributed by atoms with van der Waals surface area (Å²) in [6.45, 7) is 9.61. The van der Waals surface area contributed by atoms with Gasteiger partial charge in [-0.15, -0.1) is 0 Å². The molecule has 0 fully saturated rings. The van der Waals surface area contributed by atoms with Gasteiger partial charge in [-0.05, 0) is 123 Å². The summed E-state index contributed by atoms with van der Waals surface area (Å²) in [7, 11) is 0.